The molecule has 336 valence electrons. The molecule has 1 saturated carbocycles. The minimum Gasteiger partial charge on any atom is -0.496 e. The zero-order chi connectivity index (χ0) is 44.9. The van der Waals surface area contributed by atoms with E-state index in [1.165, 1.54) is 37.8 Å². The van der Waals surface area contributed by atoms with Crippen LogP contribution < -0.4 is 15.0 Å². The summed E-state index contributed by atoms with van der Waals surface area (Å²) in [6, 6.07) is 17.1. The molecule has 3 N–H and O–H groups in total. The van der Waals surface area contributed by atoms with E-state index in [2.05, 4.69) is 75.3 Å². The molecular weight excluding hydrogens is 814 g/mol. The molecular formula is C51H58FN5O7. The molecule has 1 amide bonds. The number of carbonyl (C=O) groups is 3. The fourth-order valence-electron chi connectivity index (χ4n) is 13.8. The van der Waals surface area contributed by atoms with Gasteiger partial charge in [0.2, 0.25) is 0 Å². The zero-order valence-corrected chi connectivity index (χ0v) is 37.5. The summed E-state index contributed by atoms with van der Waals surface area (Å²) in [6.07, 6.45) is 7.89. The maximum Gasteiger partial charge on any atom is 0.322 e. The zero-order valence-electron chi connectivity index (χ0n) is 37.5. The van der Waals surface area contributed by atoms with E-state index >= 15 is 9.18 Å². The summed E-state index contributed by atoms with van der Waals surface area (Å²) in [5.74, 6) is -1.83. The molecule has 1 aliphatic carbocycles. The Morgan fingerprint density at radius 3 is 2.53 bits per heavy atom. The molecule has 0 radical (unpaired) electrons. The number of para-hydroxylation sites is 1. The van der Waals surface area contributed by atoms with Crippen LogP contribution >= 0.6 is 0 Å². The number of esters is 2. The quantitative estimate of drug-likeness (QED) is 0.133. The maximum absolute atomic E-state index is 15.3. The number of aromatic nitrogens is 1. The first kappa shape index (κ1) is 42.5. The lowest BCUT2D eigenvalue weighted by atomic mass is 9.47. The third-order valence-electron chi connectivity index (χ3n) is 16.0. The number of benzene rings is 3. The summed E-state index contributed by atoms with van der Waals surface area (Å²) in [4.78, 5) is 53.2. The van der Waals surface area contributed by atoms with E-state index < -0.39 is 57.7 Å². The Morgan fingerprint density at radius 2 is 1.80 bits per heavy atom. The van der Waals surface area contributed by atoms with Crippen molar-refractivity contribution in [1.82, 2.24) is 20.1 Å². The predicted octanol–water partition coefficient (Wildman–Crippen LogP) is 6.15. The van der Waals surface area contributed by atoms with Gasteiger partial charge in [-0.25, -0.2) is 4.39 Å². The van der Waals surface area contributed by atoms with Crippen molar-refractivity contribution in [2.45, 2.75) is 87.6 Å². The summed E-state index contributed by atoms with van der Waals surface area (Å²) >= 11 is 0. The molecule has 5 aliphatic heterocycles. The number of anilines is 1. The van der Waals surface area contributed by atoms with Crippen LogP contribution in [0.15, 0.2) is 84.5 Å². The molecule has 6 aliphatic rings. The highest BCUT2D eigenvalue weighted by molar-refractivity contribution is 5.95. The smallest absolute Gasteiger partial charge is 0.322 e. The van der Waals surface area contributed by atoms with Gasteiger partial charge in [0, 0.05) is 90.9 Å². The Morgan fingerprint density at radius 1 is 1.02 bits per heavy atom. The Balaban J connectivity index is 1.23. The number of methoxy groups -OCH3 is 2. The molecule has 10 rings (SSSR count). The highest BCUT2D eigenvalue weighted by atomic mass is 19.1. The molecule has 64 heavy (non-hydrogen) atoms. The number of hydrogen-bond acceptors (Lipinski definition) is 10. The van der Waals surface area contributed by atoms with Gasteiger partial charge in [-0.05, 0) is 73.5 Å². The topological polar surface area (TPSA) is 137 Å². The molecule has 4 aromatic rings. The van der Waals surface area contributed by atoms with E-state index in [9.17, 15) is 14.7 Å². The van der Waals surface area contributed by atoms with Gasteiger partial charge in [-0.1, -0.05) is 68.0 Å². The molecule has 2 fully saturated rings. The molecule has 9 atom stereocenters. The SMILES string of the molecule is CCC1=C[C@@H]2CN(C1)Cc1c([nH]c3ccccc13)[C@@](C(=O)OC)(c1cc3c(cc1OC)N(C)[C@H]1[C@@](O)(CNC(=O)c4ccccc4F)[C@H](OC(C)=O)[C@]4(CC)C=CCN5CC[C@]31[C@@H]54)C2. The summed E-state index contributed by atoms with van der Waals surface area (Å²) in [5.41, 5.74) is 1.32. The van der Waals surface area contributed by atoms with Gasteiger partial charge in [0.15, 0.2) is 0 Å². The Bertz CT molecular complexity index is 2640. The van der Waals surface area contributed by atoms with Crippen LogP contribution in [0.3, 0.4) is 0 Å². The van der Waals surface area contributed by atoms with Crippen molar-refractivity contribution >= 4 is 34.4 Å². The van der Waals surface area contributed by atoms with Crippen molar-refractivity contribution in [3.8, 4) is 5.75 Å². The number of nitrogens with one attached hydrogen (secondary N) is 2. The normalized spacial score (nSPS) is 32.3. The molecule has 13 heteroatoms. The summed E-state index contributed by atoms with van der Waals surface area (Å²) < 4.78 is 33.8. The lowest BCUT2D eigenvalue weighted by Gasteiger charge is -2.64. The number of nitrogens with zero attached hydrogens (tertiary/aromatic N) is 3. The number of carbonyl (C=O) groups excluding carboxylic acids is 3. The number of aromatic amines is 1. The number of hydrogen-bond donors (Lipinski definition) is 3. The molecule has 1 unspecified atom stereocenters. The monoisotopic (exact) mass is 871 g/mol. The lowest BCUT2D eigenvalue weighted by molar-refractivity contribution is -0.216. The number of likely N-dealkylation sites (N-methyl/N-ethyl adjacent to an activating group) is 1. The number of amides is 1. The minimum absolute atomic E-state index is 0.00873. The first-order chi connectivity index (χ1) is 30.8. The van der Waals surface area contributed by atoms with Gasteiger partial charge in [-0.15, -0.1) is 0 Å². The molecule has 1 saturated heterocycles. The number of aliphatic hydroxyl groups is 1. The molecule has 3 aromatic carbocycles. The van der Waals surface area contributed by atoms with Crippen LogP contribution in [0.2, 0.25) is 0 Å². The van der Waals surface area contributed by atoms with Crippen molar-refractivity contribution < 1.29 is 38.1 Å². The molecule has 2 bridgehead atoms. The molecule has 1 aromatic heterocycles. The van der Waals surface area contributed by atoms with E-state index in [1.54, 1.807) is 13.2 Å². The van der Waals surface area contributed by atoms with Gasteiger partial charge in [0.05, 0.1) is 32.4 Å². The van der Waals surface area contributed by atoms with Crippen LogP contribution in [0.1, 0.15) is 79.2 Å². The van der Waals surface area contributed by atoms with Crippen LogP contribution in [0, 0.1) is 17.2 Å². The van der Waals surface area contributed by atoms with Crippen LogP contribution in [0.25, 0.3) is 10.9 Å². The highest BCUT2D eigenvalue weighted by Gasteiger charge is 2.78. The minimum atomic E-state index is -1.92. The lowest BCUT2D eigenvalue weighted by Crippen LogP contribution is -2.81. The second-order valence-electron chi connectivity index (χ2n) is 19.0. The van der Waals surface area contributed by atoms with E-state index in [0.717, 1.165) is 52.9 Å². The number of halogens is 1. The second-order valence-corrected chi connectivity index (χ2v) is 19.0. The third kappa shape index (κ3) is 5.78. The Kier molecular flexibility index (Phi) is 10.2. The summed E-state index contributed by atoms with van der Waals surface area (Å²) in [7, 11) is 5.01. The first-order valence-electron chi connectivity index (χ1n) is 22.7. The van der Waals surface area contributed by atoms with Crippen molar-refractivity contribution in [3.05, 3.63) is 118 Å². The Labute approximate surface area is 373 Å². The van der Waals surface area contributed by atoms with Gasteiger partial charge in [0.1, 0.15) is 28.7 Å². The maximum atomic E-state index is 15.3. The van der Waals surface area contributed by atoms with Crippen LogP contribution in [-0.2, 0) is 36.4 Å². The van der Waals surface area contributed by atoms with Gasteiger partial charge in [-0.2, -0.15) is 0 Å². The largest absolute Gasteiger partial charge is 0.496 e. The average Bonchev–Trinajstić information content (AvgIpc) is 3.95. The van der Waals surface area contributed by atoms with Crippen molar-refractivity contribution in [1.29, 1.82) is 0 Å². The van der Waals surface area contributed by atoms with E-state index in [-0.39, 0.29) is 24.1 Å². The second kappa shape index (κ2) is 15.3. The van der Waals surface area contributed by atoms with E-state index in [1.807, 2.05) is 25.2 Å². The fourth-order valence-corrected chi connectivity index (χ4v) is 13.8. The van der Waals surface area contributed by atoms with E-state index in [4.69, 9.17) is 14.2 Å². The predicted molar refractivity (Wildman–Crippen MR) is 241 cm³/mol. The van der Waals surface area contributed by atoms with Gasteiger partial charge in [-0.3, -0.25) is 24.2 Å². The van der Waals surface area contributed by atoms with Crippen LogP contribution in [0.5, 0.6) is 5.75 Å². The summed E-state index contributed by atoms with van der Waals surface area (Å²) in [5, 5.41) is 17.8. The van der Waals surface area contributed by atoms with Gasteiger partial charge >= 0.3 is 11.9 Å². The third-order valence-corrected chi connectivity index (χ3v) is 16.0. The standard InChI is InChI=1S/C51H58FN5O7/c1-7-31-22-32-25-50(47(60)63-6,42-35(28-56(26-31)27-32)33-14-10-12-17-39(33)54-42)37-23-36-40(24-41(37)62-5)55(4)45-49(36)19-21-57-20-13-18-48(8-2,44(49)57)46(64-30(3)58)51(45,61)29-53-43(59)34-15-9-11-16-38(34)52/h9-18,22-24,32,44-46,54,61H,7-8,19-21,25-29H2,1-6H3,(H,53,59)/t32-,44-,45+,46+,48+,49+,50-,51-/m0/s1. The first-order valence-corrected chi connectivity index (χ1v) is 22.7. The van der Waals surface area contributed by atoms with E-state index in [0.29, 0.717) is 50.2 Å². The summed E-state index contributed by atoms with van der Waals surface area (Å²) in [6.45, 7) is 8.85. The van der Waals surface area contributed by atoms with Crippen LogP contribution in [-0.4, -0.2) is 116 Å². The average molecular weight is 872 g/mol. The number of ether oxygens (including phenoxy) is 3. The van der Waals surface area contributed by atoms with Gasteiger partial charge < -0.3 is 34.5 Å². The Hall–Kier alpha value is -5.50. The molecule has 12 nitrogen and oxygen atoms in total. The molecule has 1 spiro atoms. The number of rotatable bonds is 9. The van der Waals surface area contributed by atoms with Crippen LogP contribution in [0.4, 0.5) is 10.1 Å². The van der Waals surface area contributed by atoms with Crippen molar-refractivity contribution in [2.75, 3.05) is 58.9 Å². The van der Waals surface area contributed by atoms with Gasteiger partial charge in [0.25, 0.3) is 5.91 Å². The molecule has 6 heterocycles. The van der Waals surface area contributed by atoms with Crippen molar-refractivity contribution in [3.63, 3.8) is 0 Å². The highest BCUT2D eigenvalue weighted by Crippen LogP contribution is 2.68. The number of H-pyrrole nitrogens is 1. The number of fused-ring (bicyclic) bond motifs is 6. The fraction of sp³-hybridized carbons (Fsp3) is 0.471. The van der Waals surface area contributed by atoms with Crippen molar-refractivity contribution in [2.24, 2.45) is 11.3 Å².